The topological polar surface area (TPSA) is 41.9 Å². The fraction of sp³-hybridized carbons (Fsp3) is 0.400. The first-order valence-corrected chi connectivity index (χ1v) is 8.52. The van der Waals surface area contributed by atoms with Crippen LogP contribution in [-0.2, 0) is 0 Å². The minimum Gasteiger partial charge on any atom is -0.497 e. The van der Waals surface area contributed by atoms with Gasteiger partial charge in [-0.3, -0.25) is 4.90 Å². The molecular formula is C20H24FNO3. The second kappa shape index (κ2) is 7.85. The molecule has 1 fully saturated rings. The molecule has 3 rings (SSSR count). The molecular weight excluding hydrogens is 321 g/mol. The number of benzene rings is 2. The second-order valence-electron chi connectivity index (χ2n) is 6.30. The summed E-state index contributed by atoms with van der Waals surface area (Å²) >= 11 is 0. The third-order valence-electron chi connectivity index (χ3n) is 4.83. The van der Waals surface area contributed by atoms with Crippen LogP contribution in [0.25, 0.3) is 0 Å². The highest BCUT2D eigenvalue weighted by Gasteiger charge is 2.30. The van der Waals surface area contributed by atoms with Crippen molar-refractivity contribution in [2.24, 2.45) is 0 Å². The number of nitrogens with zero attached hydrogens (tertiary/aromatic N) is 1. The van der Waals surface area contributed by atoms with Crippen molar-refractivity contribution >= 4 is 0 Å². The Morgan fingerprint density at radius 3 is 2.72 bits per heavy atom. The molecule has 0 bridgehead atoms. The van der Waals surface area contributed by atoms with E-state index in [1.807, 2.05) is 18.2 Å². The lowest BCUT2D eigenvalue weighted by Gasteiger charge is -2.28. The van der Waals surface area contributed by atoms with Gasteiger partial charge >= 0.3 is 0 Å². The number of hydrogen-bond donors (Lipinski definition) is 1. The zero-order valence-corrected chi connectivity index (χ0v) is 14.6. The summed E-state index contributed by atoms with van der Waals surface area (Å²) in [7, 11) is 3.29. The Kier molecular flexibility index (Phi) is 5.56. The van der Waals surface area contributed by atoms with Crippen LogP contribution in [0.2, 0.25) is 0 Å². The zero-order valence-electron chi connectivity index (χ0n) is 14.6. The van der Waals surface area contributed by atoms with Crippen LogP contribution < -0.4 is 9.47 Å². The number of rotatable bonds is 6. The van der Waals surface area contributed by atoms with E-state index in [0.717, 1.165) is 36.4 Å². The highest BCUT2D eigenvalue weighted by Crippen LogP contribution is 2.39. The van der Waals surface area contributed by atoms with Crippen molar-refractivity contribution in [2.45, 2.75) is 25.0 Å². The molecule has 2 atom stereocenters. The van der Waals surface area contributed by atoms with E-state index in [-0.39, 0.29) is 11.9 Å². The van der Waals surface area contributed by atoms with E-state index in [1.54, 1.807) is 32.4 Å². The van der Waals surface area contributed by atoms with Crippen molar-refractivity contribution in [2.75, 3.05) is 27.3 Å². The number of aliphatic hydroxyl groups excluding tert-OH is 1. The monoisotopic (exact) mass is 345 g/mol. The Bertz CT molecular complexity index is 722. The summed E-state index contributed by atoms with van der Waals surface area (Å²) in [6, 6.07) is 12.3. The molecule has 0 aliphatic carbocycles. The molecule has 0 spiro atoms. The summed E-state index contributed by atoms with van der Waals surface area (Å²) in [5.41, 5.74) is 1.38. The average Bonchev–Trinajstić information content (AvgIpc) is 3.09. The zero-order chi connectivity index (χ0) is 17.8. The molecule has 25 heavy (non-hydrogen) atoms. The SMILES string of the molecule is COc1ccc(OC)c([C@@H]2CCCN2C[C@@H](O)c2ccccc2F)c1. The molecule has 2 aromatic rings. The quantitative estimate of drug-likeness (QED) is 0.867. The molecule has 5 heteroatoms. The average molecular weight is 345 g/mol. The first-order valence-electron chi connectivity index (χ1n) is 8.52. The van der Waals surface area contributed by atoms with Crippen molar-refractivity contribution in [3.8, 4) is 11.5 Å². The van der Waals surface area contributed by atoms with Crippen molar-refractivity contribution in [1.29, 1.82) is 0 Å². The minimum absolute atomic E-state index is 0.117. The molecule has 0 amide bonds. The predicted octanol–water partition coefficient (Wildman–Crippen LogP) is 3.71. The Hall–Kier alpha value is -2.11. The van der Waals surface area contributed by atoms with Crippen LogP contribution in [0.5, 0.6) is 11.5 Å². The first-order chi connectivity index (χ1) is 12.1. The van der Waals surface area contributed by atoms with E-state index in [0.29, 0.717) is 12.1 Å². The van der Waals surface area contributed by atoms with E-state index in [1.165, 1.54) is 6.07 Å². The smallest absolute Gasteiger partial charge is 0.129 e. The fourth-order valence-electron chi connectivity index (χ4n) is 3.56. The van der Waals surface area contributed by atoms with Gasteiger partial charge in [-0.15, -0.1) is 0 Å². The molecule has 2 aromatic carbocycles. The van der Waals surface area contributed by atoms with Crippen LogP contribution in [0.15, 0.2) is 42.5 Å². The van der Waals surface area contributed by atoms with Gasteiger partial charge in [-0.1, -0.05) is 18.2 Å². The number of likely N-dealkylation sites (tertiary alicyclic amines) is 1. The normalized spacial score (nSPS) is 19.0. The molecule has 0 radical (unpaired) electrons. The van der Waals surface area contributed by atoms with Crippen LogP contribution in [0.3, 0.4) is 0 Å². The third-order valence-corrected chi connectivity index (χ3v) is 4.83. The number of methoxy groups -OCH3 is 2. The van der Waals surface area contributed by atoms with Crippen molar-refractivity contribution in [3.05, 3.63) is 59.4 Å². The molecule has 0 saturated carbocycles. The highest BCUT2D eigenvalue weighted by atomic mass is 19.1. The largest absolute Gasteiger partial charge is 0.497 e. The number of β-amino-alcohol motifs (C(OH)–C–C–N with tert-alkyl or cyclic N) is 1. The Labute approximate surface area is 147 Å². The van der Waals surface area contributed by atoms with Crippen LogP contribution >= 0.6 is 0 Å². The van der Waals surface area contributed by atoms with E-state index in [4.69, 9.17) is 9.47 Å². The molecule has 0 unspecified atom stereocenters. The lowest BCUT2D eigenvalue weighted by molar-refractivity contribution is 0.102. The number of hydrogen-bond acceptors (Lipinski definition) is 4. The molecule has 4 nitrogen and oxygen atoms in total. The molecule has 134 valence electrons. The van der Waals surface area contributed by atoms with Gasteiger partial charge in [0.15, 0.2) is 0 Å². The number of halogens is 1. The second-order valence-corrected chi connectivity index (χ2v) is 6.30. The number of ether oxygens (including phenoxy) is 2. The van der Waals surface area contributed by atoms with Crippen molar-refractivity contribution in [1.82, 2.24) is 4.90 Å². The lowest BCUT2D eigenvalue weighted by atomic mass is 10.0. The summed E-state index contributed by atoms with van der Waals surface area (Å²) < 4.78 is 24.8. The number of aliphatic hydroxyl groups is 1. The van der Waals surface area contributed by atoms with E-state index in [9.17, 15) is 9.50 Å². The van der Waals surface area contributed by atoms with Gasteiger partial charge in [-0.05, 0) is 43.7 Å². The molecule has 1 aliphatic heterocycles. The van der Waals surface area contributed by atoms with Gasteiger partial charge < -0.3 is 14.6 Å². The molecule has 0 aromatic heterocycles. The van der Waals surface area contributed by atoms with Gasteiger partial charge in [0.2, 0.25) is 0 Å². The fourth-order valence-corrected chi connectivity index (χ4v) is 3.56. The van der Waals surface area contributed by atoms with Crippen LogP contribution in [0, 0.1) is 5.82 Å². The summed E-state index contributed by atoms with van der Waals surface area (Å²) in [5, 5.41) is 10.5. The van der Waals surface area contributed by atoms with Crippen LogP contribution in [-0.4, -0.2) is 37.3 Å². The summed E-state index contributed by atoms with van der Waals surface area (Å²) in [5.74, 6) is 1.21. The highest BCUT2D eigenvalue weighted by molar-refractivity contribution is 5.42. The van der Waals surface area contributed by atoms with Crippen molar-refractivity contribution < 1.29 is 19.0 Å². The van der Waals surface area contributed by atoms with Gasteiger partial charge in [-0.25, -0.2) is 4.39 Å². The molecule has 1 saturated heterocycles. The van der Waals surface area contributed by atoms with E-state index >= 15 is 0 Å². The first kappa shape index (κ1) is 17.7. The minimum atomic E-state index is -0.863. The summed E-state index contributed by atoms with van der Waals surface area (Å²) in [4.78, 5) is 2.19. The van der Waals surface area contributed by atoms with E-state index in [2.05, 4.69) is 4.90 Å². The summed E-state index contributed by atoms with van der Waals surface area (Å²) in [6.45, 7) is 1.24. The molecule has 1 N–H and O–H groups in total. The Morgan fingerprint density at radius 1 is 1.20 bits per heavy atom. The van der Waals surface area contributed by atoms with Crippen molar-refractivity contribution in [3.63, 3.8) is 0 Å². The third kappa shape index (κ3) is 3.78. The van der Waals surface area contributed by atoms with Gasteiger partial charge in [0.25, 0.3) is 0 Å². The van der Waals surface area contributed by atoms with Gasteiger partial charge in [-0.2, -0.15) is 0 Å². The lowest BCUT2D eigenvalue weighted by Crippen LogP contribution is -2.29. The molecule has 1 aliphatic rings. The van der Waals surface area contributed by atoms with Crippen LogP contribution in [0.1, 0.15) is 36.1 Å². The van der Waals surface area contributed by atoms with Gasteiger partial charge in [0, 0.05) is 23.7 Å². The Morgan fingerprint density at radius 2 is 2.00 bits per heavy atom. The molecule has 1 heterocycles. The maximum Gasteiger partial charge on any atom is 0.129 e. The van der Waals surface area contributed by atoms with Crippen LogP contribution in [0.4, 0.5) is 4.39 Å². The predicted molar refractivity (Wildman–Crippen MR) is 94.5 cm³/mol. The summed E-state index contributed by atoms with van der Waals surface area (Å²) in [6.07, 6.45) is 1.13. The van der Waals surface area contributed by atoms with E-state index < -0.39 is 6.10 Å². The standard InChI is InChI=1S/C20H24FNO3/c1-24-14-9-10-20(25-2)16(12-14)18-8-5-11-22(18)13-19(23)15-6-3-4-7-17(15)21/h3-4,6-7,9-10,12,18-19,23H,5,8,11,13H2,1-2H3/t18-,19+/m0/s1. The van der Waals surface area contributed by atoms with Gasteiger partial charge in [0.05, 0.1) is 20.3 Å². The Balaban J connectivity index is 1.82. The maximum absolute atomic E-state index is 13.9. The maximum atomic E-state index is 13.9. The van der Waals surface area contributed by atoms with Gasteiger partial charge in [0.1, 0.15) is 17.3 Å².